The van der Waals surface area contributed by atoms with Gasteiger partial charge in [-0.25, -0.2) is 0 Å². The standard InChI is InChI=1S/C17H18N4O4S/c1-12-15(8-10-24-12)16-18-19-17(20(16)2)26-11-3-9-25-14-6-4-13(5-7-14)21(22)23/h4-8,10H,3,9,11H2,1-2H3. The molecule has 0 saturated heterocycles. The maximum Gasteiger partial charge on any atom is 0.269 e. The molecule has 0 amide bonds. The summed E-state index contributed by atoms with van der Waals surface area (Å²) < 4.78 is 12.9. The summed E-state index contributed by atoms with van der Waals surface area (Å²) in [6.45, 7) is 2.42. The molecule has 8 nitrogen and oxygen atoms in total. The summed E-state index contributed by atoms with van der Waals surface area (Å²) >= 11 is 1.60. The number of benzene rings is 1. The van der Waals surface area contributed by atoms with Crippen molar-refractivity contribution in [1.29, 1.82) is 0 Å². The zero-order chi connectivity index (χ0) is 18.5. The minimum absolute atomic E-state index is 0.0545. The molecule has 0 aliphatic rings. The third-order valence-electron chi connectivity index (χ3n) is 3.77. The number of thioether (sulfide) groups is 1. The molecular formula is C17H18N4O4S. The second kappa shape index (κ2) is 8.05. The summed E-state index contributed by atoms with van der Waals surface area (Å²) in [5.41, 5.74) is 0.993. The van der Waals surface area contributed by atoms with Crippen molar-refractivity contribution in [2.45, 2.75) is 18.5 Å². The van der Waals surface area contributed by atoms with E-state index in [1.165, 1.54) is 12.1 Å². The largest absolute Gasteiger partial charge is 0.494 e. The second-order valence-corrected chi connectivity index (χ2v) is 6.62. The lowest BCUT2D eigenvalue weighted by Gasteiger charge is -2.06. The van der Waals surface area contributed by atoms with E-state index in [0.717, 1.165) is 34.5 Å². The highest BCUT2D eigenvalue weighted by Crippen LogP contribution is 2.26. The van der Waals surface area contributed by atoms with Crippen molar-refractivity contribution < 1.29 is 14.1 Å². The number of aromatic nitrogens is 3. The van der Waals surface area contributed by atoms with Crippen LogP contribution >= 0.6 is 11.8 Å². The zero-order valence-electron chi connectivity index (χ0n) is 14.4. The van der Waals surface area contributed by atoms with Crippen molar-refractivity contribution in [2.24, 2.45) is 7.05 Å². The van der Waals surface area contributed by atoms with Crippen LogP contribution in [0.4, 0.5) is 5.69 Å². The van der Waals surface area contributed by atoms with Crippen LogP contribution in [0.5, 0.6) is 5.75 Å². The molecule has 0 radical (unpaired) electrons. The Morgan fingerprint density at radius 3 is 2.69 bits per heavy atom. The first-order valence-electron chi connectivity index (χ1n) is 8.00. The molecule has 0 saturated carbocycles. The number of hydrogen-bond acceptors (Lipinski definition) is 7. The van der Waals surface area contributed by atoms with E-state index < -0.39 is 4.92 Å². The summed E-state index contributed by atoms with van der Waals surface area (Å²) in [6, 6.07) is 7.96. The first-order chi connectivity index (χ1) is 12.6. The van der Waals surface area contributed by atoms with Crippen LogP contribution in [0.1, 0.15) is 12.2 Å². The first kappa shape index (κ1) is 18.0. The third kappa shape index (κ3) is 4.05. The van der Waals surface area contributed by atoms with E-state index in [2.05, 4.69) is 10.2 Å². The van der Waals surface area contributed by atoms with Crippen LogP contribution in [0.2, 0.25) is 0 Å². The van der Waals surface area contributed by atoms with Crippen LogP contribution in [0.15, 0.2) is 46.2 Å². The molecule has 26 heavy (non-hydrogen) atoms. The van der Waals surface area contributed by atoms with Gasteiger partial charge in [0.1, 0.15) is 11.5 Å². The van der Waals surface area contributed by atoms with Gasteiger partial charge in [-0.2, -0.15) is 0 Å². The number of nitro benzene ring substituents is 1. The van der Waals surface area contributed by atoms with Gasteiger partial charge < -0.3 is 13.7 Å². The van der Waals surface area contributed by atoms with Gasteiger partial charge in [0.25, 0.3) is 5.69 Å². The van der Waals surface area contributed by atoms with Crippen molar-refractivity contribution in [3.63, 3.8) is 0 Å². The van der Waals surface area contributed by atoms with Gasteiger partial charge in [-0.3, -0.25) is 10.1 Å². The molecule has 0 N–H and O–H groups in total. The summed E-state index contributed by atoms with van der Waals surface area (Å²) in [5, 5.41) is 19.9. The average molecular weight is 374 g/mol. The van der Waals surface area contributed by atoms with Crippen LogP contribution in [0, 0.1) is 17.0 Å². The minimum atomic E-state index is -0.430. The van der Waals surface area contributed by atoms with Crippen molar-refractivity contribution >= 4 is 17.4 Å². The van der Waals surface area contributed by atoms with E-state index in [0.29, 0.717) is 12.4 Å². The fourth-order valence-corrected chi connectivity index (χ4v) is 3.19. The van der Waals surface area contributed by atoms with Crippen molar-refractivity contribution in [3.05, 3.63) is 52.5 Å². The third-order valence-corrected chi connectivity index (χ3v) is 4.88. The number of hydrogen-bond donors (Lipinski definition) is 0. The lowest BCUT2D eigenvalue weighted by Crippen LogP contribution is -2.00. The average Bonchev–Trinajstić information content (AvgIpc) is 3.20. The lowest BCUT2D eigenvalue weighted by molar-refractivity contribution is -0.384. The van der Waals surface area contributed by atoms with Crippen LogP contribution < -0.4 is 4.74 Å². The predicted octanol–water partition coefficient (Wildman–Crippen LogP) is 3.85. The number of ether oxygens (including phenoxy) is 1. The maximum absolute atomic E-state index is 10.6. The Balaban J connectivity index is 1.46. The van der Waals surface area contributed by atoms with Gasteiger partial charge in [0.05, 0.1) is 23.4 Å². The van der Waals surface area contributed by atoms with E-state index in [-0.39, 0.29) is 5.69 Å². The molecule has 0 fully saturated rings. The molecule has 0 bridgehead atoms. The predicted molar refractivity (Wildman–Crippen MR) is 97.4 cm³/mol. The smallest absolute Gasteiger partial charge is 0.269 e. The van der Waals surface area contributed by atoms with Crippen LogP contribution in [-0.4, -0.2) is 32.0 Å². The summed E-state index contributed by atoms with van der Waals surface area (Å²) in [7, 11) is 1.93. The van der Waals surface area contributed by atoms with E-state index in [4.69, 9.17) is 9.15 Å². The molecule has 0 aliphatic heterocycles. The van der Waals surface area contributed by atoms with Crippen LogP contribution in [0.25, 0.3) is 11.4 Å². The molecule has 0 spiro atoms. The van der Waals surface area contributed by atoms with Crippen LogP contribution in [0.3, 0.4) is 0 Å². The Labute approximate surface area is 154 Å². The monoisotopic (exact) mass is 374 g/mol. The highest BCUT2D eigenvalue weighted by molar-refractivity contribution is 7.99. The van der Waals surface area contributed by atoms with Gasteiger partial charge in [-0.05, 0) is 31.5 Å². The number of nitro groups is 1. The number of furan rings is 1. The summed E-state index contributed by atoms with van der Waals surface area (Å²) in [4.78, 5) is 10.2. The molecule has 136 valence electrons. The second-order valence-electron chi connectivity index (χ2n) is 5.56. The number of rotatable bonds is 8. The van der Waals surface area contributed by atoms with Gasteiger partial charge in [0.15, 0.2) is 11.0 Å². The highest BCUT2D eigenvalue weighted by Gasteiger charge is 2.14. The topological polar surface area (TPSA) is 96.2 Å². The van der Waals surface area contributed by atoms with E-state index >= 15 is 0 Å². The molecule has 2 aromatic heterocycles. The molecule has 2 heterocycles. The highest BCUT2D eigenvalue weighted by atomic mass is 32.2. The van der Waals surface area contributed by atoms with Gasteiger partial charge in [0, 0.05) is 24.9 Å². The Hall–Kier alpha value is -2.81. The molecule has 3 rings (SSSR count). The van der Waals surface area contributed by atoms with Gasteiger partial charge >= 0.3 is 0 Å². The quantitative estimate of drug-likeness (QED) is 0.256. The Bertz CT molecular complexity index is 889. The molecular weight excluding hydrogens is 356 g/mol. The normalized spacial score (nSPS) is 10.8. The van der Waals surface area contributed by atoms with Gasteiger partial charge in [-0.1, -0.05) is 11.8 Å². The fraction of sp³-hybridized carbons (Fsp3) is 0.294. The molecule has 3 aromatic rings. The van der Waals surface area contributed by atoms with E-state index in [1.54, 1.807) is 30.2 Å². The fourth-order valence-electron chi connectivity index (χ4n) is 2.37. The first-order valence-corrected chi connectivity index (χ1v) is 8.98. The Morgan fingerprint density at radius 1 is 1.27 bits per heavy atom. The van der Waals surface area contributed by atoms with Crippen molar-refractivity contribution in [1.82, 2.24) is 14.8 Å². The SMILES string of the molecule is Cc1occc1-c1nnc(SCCCOc2ccc([N+](=O)[O-])cc2)n1C. The van der Waals surface area contributed by atoms with E-state index in [1.807, 2.05) is 24.6 Å². The number of non-ortho nitro benzene ring substituents is 1. The molecule has 1 aromatic carbocycles. The Kier molecular flexibility index (Phi) is 5.57. The number of aryl methyl sites for hydroxylation is 1. The van der Waals surface area contributed by atoms with Gasteiger partial charge in [-0.15, -0.1) is 10.2 Å². The molecule has 9 heteroatoms. The summed E-state index contributed by atoms with van der Waals surface area (Å²) in [6.07, 6.45) is 2.45. The minimum Gasteiger partial charge on any atom is -0.494 e. The van der Waals surface area contributed by atoms with Crippen molar-refractivity contribution in [2.75, 3.05) is 12.4 Å². The lowest BCUT2D eigenvalue weighted by atomic mass is 10.2. The van der Waals surface area contributed by atoms with Crippen LogP contribution in [-0.2, 0) is 7.05 Å². The Morgan fingerprint density at radius 2 is 2.04 bits per heavy atom. The van der Waals surface area contributed by atoms with E-state index in [9.17, 15) is 10.1 Å². The number of nitrogens with zero attached hydrogens (tertiary/aromatic N) is 4. The summed E-state index contributed by atoms with van der Waals surface area (Å²) in [5.74, 6) is 3.04. The molecule has 0 atom stereocenters. The van der Waals surface area contributed by atoms with Crippen molar-refractivity contribution in [3.8, 4) is 17.1 Å². The molecule has 0 unspecified atom stereocenters. The van der Waals surface area contributed by atoms with Gasteiger partial charge in [0.2, 0.25) is 0 Å². The zero-order valence-corrected chi connectivity index (χ0v) is 15.2. The maximum atomic E-state index is 10.6. The molecule has 0 aliphatic carbocycles.